The van der Waals surface area contributed by atoms with Gasteiger partial charge in [0.05, 0.1) is 27.5 Å². The number of hydrogen-bond donors (Lipinski definition) is 0. The molecule has 0 aliphatic heterocycles. The highest BCUT2D eigenvalue weighted by Crippen LogP contribution is 2.28. The molecule has 1 aromatic heterocycles. The van der Waals surface area contributed by atoms with Gasteiger partial charge in [-0.25, -0.2) is 17.8 Å². The number of rotatable bonds is 6. The smallest absolute Gasteiger partial charge is 0.266 e. The van der Waals surface area contributed by atoms with Crippen LogP contribution in [-0.4, -0.2) is 28.8 Å². The maximum atomic E-state index is 13.6. The summed E-state index contributed by atoms with van der Waals surface area (Å²) >= 11 is 0. The van der Waals surface area contributed by atoms with Gasteiger partial charge in [0.2, 0.25) is 10.0 Å². The van der Waals surface area contributed by atoms with Crippen LogP contribution in [0.3, 0.4) is 0 Å². The third-order valence-corrected chi connectivity index (χ3v) is 7.69. The molecule has 0 saturated heterocycles. The number of para-hydroxylation sites is 1. The van der Waals surface area contributed by atoms with Crippen LogP contribution in [0.1, 0.15) is 31.3 Å². The highest BCUT2D eigenvalue weighted by Gasteiger charge is 2.32. The summed E-state index contributed by atoms with van der Waals surface area (Å²) in [6.07, 6.45) is 0. The number of nitrogens with zero attached hydrogens (tertiary/aromatic N) is 3. The molecule has 0 N–H and O–H groups in total. The lowest BCUT2D eigenvalue weighted by atomic mass is 10.2. The van der Waals surface area contributed by atoms with Gasteiger partial charge in [0, 0.05) is 6.54 Å². The summed E-state index contributed by atoms with van der Waals surface area (Å²) in [5.74, 6) is -0.185. The van der Waals surface area contributed by atoms with Crippen molar-refractivity contribution in [3.63, 3.8) is 0 Å². The zero-order valence-electron chi connectivity index (χ0n) is 18.6. The molecule has 0 saturated carbocycles. The molecular weight excluding hydrogens is 441 g/mol. The lowest BCUT2D eigenvalue weighted by molar-refractivity contribution is 0.340. The Morgan fingerprint density at radius 2 is 1.64 bits per heavy atom. The van der Waals surface area contributed by atoms with Crippen LogP contribution < -0.4 is 5.56 Å². The second-order valence-electron chi connectivity index (χ2n) is 7.80. The fraction of sp³-hybridized carbons (Fsp3) is 0.200. The summed E-state index contributed by atoms with van der Waals surface area (Å²) in [7, 11) is -3.87. The molecule has 3 aromatic carbocycles. The van der Waals surface area contributed by atoms with Crippen molar-refractivity contribution in [2.24, 2.45) is 0 Å². The van der Waals surface area contributed by atoms with Crippen LogP contribution in [0.5, 0.6) is 0 Å². The van der Waals surface area contributed by atoms with Crippen LogP contribution in [0.4, 0.5) is 4.39 Å². The largest absolute Gasteiger partial charge is 0.268 e. The van der Waals surface area contributed by atoms with Gasteiger partial charge in [0.1, 0.15) is 11.6 Å². The van der Waals surface area contributed by atoms with E-state index < -0.39 is 21.9 Å². The molecule has 0 aliphatic rings. The van der Waals surface area contributed by atoms with E-state index >= 15 is 0 Å². The minimum Gasteiger partial charge on any atom is -0.268 e. The number of sulfonamides is 1. The van der Waals surface area contributed by atoms with Crippen molar-refractivity contribution in [3.8, 4) is 5.69 Å². The van der Waals surface area contributed by atoms with Gasteiger partial charge in [-0.1, -0.05) is 36.8 Å². The Hall–Kier alpha value is -3.36. The average Bonchev–Trinajstić information content (AvgIpc) is 2.80. The molecule has 1 atom stereocenters. The van der Waals surface area contributed by atoms with Gasteiger partial charge in [0.15, 0.2) is 0 Å². The Morgan fingerprint density at radius 3 is 2.27 bits per heavy atom. The normalized spacial score (nSPS) is 12.9. The number of hydrogen-bond acceptors (Lipinski definition) is 4. The predicted octanol–water partition coefficient (Wildman–Crippen LogP) is 4.61. The Balaban J connectivity index is 1.93. The van der Waals surface area contributed by atoms with Gasteiger partial charge in [-0.15, -0.1) is 0 Å². The van der Waals surface area contributed by atoms with Gasteiger partial charge in [-0.05, 0) is 62.4 Å². The number of halogens is 1. The quantitative estimate of drug-likeness (QED) is 0.417. The van der Waals surface area contributed by atoms with Crippen LogP contribution in [0.25, 0.3) is 16.6 Å². The van der Waals surface area contributed by atoms with Gasteiger partial charge in [0.25, 0.3) is 5.56 Å². The average molecular weight is 466 g/mol. The van der Waals surface area contributed by atoms with E-state index in [9.17, 15) is 17.6 Å². The first-order chi connectivity index (χ1) is 15.7. The topological polar surface area (TPSA) is 72.3 Å². The fourth-order valence-electron chi connectivity index (χ4n) is 3.90. The molecular formula is C25H24FN3O3S. The lowest BCUT2D eigenvalue weighted by Crippen LogP contribution is -2.37. The van der Waals surface area contributed by atoms with Crippen LogP contribution >= 0.6 is 0 Å². The summed E-state index contributed by atoms with van der Waals surface area (Å²) in [5.41, 5.74) is 1.47. The first-order valence-corrected chi connectivity index (χ1v) is 12.0. The van der Waals surface area contributed by atoms with Crippen molar-refractivity contribution in [3.05, 3.63) is 100 Å². The van der Waals surface area contributed by atoms with Crippen molar-refractivity contribution in [1.82, 2.24) is 13.9 Å². The molecule has 0 aliphatic carbocycles. The summed E-state index contributed by atoms with van der Waals surface area (Å²) in [6.45, 7) is 5.50. The highest BCUT2D eigenvalue weighted by atomic mass is 32.2. The molecule has 0 bridgehead atoms. The summed E-state index contributed by atoms with van der Waals surface area (Å²) in [5, 5.41) is 0.391. The number of benzene rings is 3. The van der Waals surface area contributed by atoms with Crippen molar-refractivity contribution in [2.75, 3.05) is 6.54 Å². The maximum absolute atomic E-state index is 13.6. The van der Waals surface area contributed by atoms with Crippen molar-refractivity contribution in [2.45, 2.75) is 31.7 Å². The minimum absolute atomic E-state index is 0.165. The first-order valence-electron chi connectivity index (χ1n) is 10.6. The van der Waals surface area contributed by atoms with Crippen molar-refractivity contribution >= 4 is 20.9 Å². The molecule has 0 spiro atoms. The number of aromatic nitrogens is 2. The predicted molar refractivity (Wildman–Crippen MR) is 126 cm³/mol. The molecule has 8 heteroatoms. The van der Waals surface area contributed by atoms with Gasteiger partial charge in [-0.3, -0.25) is 9.36 Å². The number of aryl methyl sites for hydroxylation is 1. The molecule has 0 radical (unpaired) electrons. The molecule has 4 aromatic rings. The van der Waals surface area contributed by atoms with E-state index in [0.717, 1.165) is 5.56 Å². The van der Waals surface area contributed by atoms with E-state index in [1.165, 1.54) is 33.1 Å². The monoisotopic (exact) mass is 465 g/mol. The van der Waals surface area contributed by atoms with E-state index in [0.29, 0.717) is 16.6 Å². The summed E-state index contributed by atoms with van der Waals surface area (Å²) in [6, 6.07) is 18.2. The van der Waals surface area contributed by atoms with Gasteiger partial charge >= 0.3 is 0 Å². The zero-order chi connectivity index (χ0) is 23.8. The molecule has 4 rings (SSSR count). The zero-order valence-corrected chi connectivity index (χ0v) is 19.4. The molecule has 0 fully saturated rings. The molecule has 33 heavy (non-hydrogen) atoms. The van der Waals surface area contributed by atoms with E-state index in [1.807, 2.05) is 6.92 Å². The molecule has 170 valence electrons. The highest BCUT2D eigenvalue weighted by molar-refractivity contribution is 7.89. The van der Waals surface area contributed by atoms with Gasteiger partial charge < -0.3 is 0 Å². The molecule has 1 heterocycles. The number of fused-ring (bicyclic) bond motifs is 1. The Labute approximate surface area is 192 Å². The Morgan fingerprint density at radius 1 is 1.00 bits per heavy atom. The van der Waals surface area contributed by atoms with Crippen LogP contribution in [0, 0.1) is 12.7 Å². The van der Waals surface area contributed by atoms with E-state index in [-0.39, 0.29) is 22.8 Å². The summed E-state index contributed by atoms with van der Waals surface area (Å²) in [4.78, 5) is 18.3. The fourth-order valence-corrected chi connectivity index (χ4v) is 5.50. The molecule has 0 amide bonds. The first kappa shape index (κ1) is 22.8. The van der Waals surface area contributed by atoms with Crippen LogP contribution in [0.2, 0.25) is 0 Å². The van der Waals surface area contributed by atoms with E-state index in [4.69, 9.17) is 0 Å². The second kappa shape index (κ2) is 8.88. The Kier molecular flexibility index (Phi) is 6.14. The molecule has 1 unspecified atom stereocenters. The standard InChI is InChI=1S/C25H24FN3O3S/c1-4-28(33(31,32)21-15-9-17(2)10-16-21)18(3)24-27-23-8-6-5-7-22(23)25(30)29(24)20-13-11-19(26)12-14-20/h5-16,18H,4H2,1-3H3. The Bertz CT molecular complexity index is 1460. The minimum atomic E-state index is -3.87. The van der Waals surface area contributed by atoms with Crippen LogP contribution in [-0.2, 0) is 10.0 Å². The van der Waals surface area contributed by atoms with E-state index in [1.54, 1.807) is 62.4 Å². The third kappa shape index (κ3) is 4.19. The van der Waals surface area contributed by atoms with Gasteiger partial charge in [-0.2, -0.15) is 4.31 Å². The maximum Gasteiger partial charge on any atom is 0.266 e. The second-order valence-corrected chi connectivity index (χ2v) is 9.69. The summed E-state index contributed by atoms with van der Waals surface area (Å²) < 4.78 is 43.2. The lowest BCUT2D eigenvalue weighted by Gasteiger charge is -2.28. The van der Waals surface area contributed by atoms with Crippen LogP contribution in [0.15, 0.2) is 82.5 Å². The van der Waals surface area contributed by atoms with E-state index in [2.05, 4.69) is 4.98 Å². The third-order valence-electron chi connectivity index (χ3n) is 5.63. The van der Waals surface area contributed by atoms with Crippen molar-refractivity contribution < 1.29 is 12.8 Å². The SMILES string of the molecule is CCN(C(C)c1nc2ccccc2c(=O)n1-c1ccc(F)cc1)S(=O)(=O)c1ccc(C)cc1. The van der Waals surface area contributed by atoms with Crippen molar-refractivity contribution in [1.29, 1.82) is 0 Å². The molecule has 6 nitrogen and oxygen atoms in total.